The van der Waals surface area contributed by atoms with Crippen LogP contribution in [0.2, 0.25) is 0 Å². The van der Waals surface area contributed by atoms with Gasteiger partial charge in [-0.1, -0.05) is 26.7 Å². The number of hydrogen-bond acceptors (Lipinski definition) is 1. The van der Waals surface area contributed by atoms with Crippen LogP contribution in [0.4, 0.5) is 4.39 Å². The van der Waals surface area contributed by atoms with Crippen LogP contribution < -0.4 is 0 Å². The van der Waals surface area contributed by atoms with Gasteiger partial charge in [0.2, 0.25) is 0 Å². The maximum Gasteiger partial charge on any atom is 0.189 e. The van der Waals surface area contributed by atoms with Crippen molar-refractivity contribution in [3.63, 3.8) is 0 Å². The van der Waals surface area contributed by atoms with E-state index in [0.29, 0.717) is 5.56 Å². The van der Waals surface area contributed by atoms with E-state index < -0.39 is 0 Å². The molecule has 0 amide bonds. The maximum absolute atomic E-state index is 13.3. The van der Waals surface area contributed by atoms with Crippen molar-refractivity contribution in [3.8, 4) is 0 Å². The summed E-state index contributed by atoms with van der Waals surface area (Å²) >= 11 is 0. The van der Waals surface area contributed by atoms with Crippen LogP contribution in [0.1, 0.15) is 55.5 Å². The summed E-state index contributed by atoms with van der Waals surface area (Å²) in [5.41, 5.74) is 3.46. The fraction of sp³-hybridized carbons (Fsp3) is 0.400. The van der Waals surface area contributed by atoms with Crippen LogP contribution in [0, 0.1) is 5.82 Å². The molecule has 0 saturated heterocycles. The van der Waals surface area contributed by atoms with Crippen LogP contribution in [-0.4, -0.2) is 5.78 Å². The van der Waals surface area contributed by atoms with Crippen molar-refractivity contribution in [2.45, 2.75) is 39.5 Å². The van der Waals surface area contributed by atoms with Crippen molar-refractivity contribution >= 4 is 11.4 Å². The molecule has 0 bridgehead atoms. The first-order valence-corrected chi connectivity index (χ1v) is 6.25. The number of benzene rings is 1. The molecular weight excluding hydrogens is 215 g/mol. The third-order valence-corrected chi connectivity index (χ3v) is 3.19. The molecule has 0 aliphatic heterocycles. The Morgan fingerprint density at radius 2 is 1.65 bits per heavy atom. The lowest BCUT2D eigenvalue weighted by Gasteiger charge is -2.05. The van der Waals surface area contributed by atoms with Gasteiger partial charge in [0.25, 0.3) is 0 Å². The fourth-order valence-corrected chi connectivity index (χ4v) is 2.48. The summed E-state index contributed by atoms with van der Waals surface area (Å²) in [5, 5.41) is 0. The van der Waals surface area contributed by atoms with Crippen LogP contribution in [0.5, 0.6) is 0 Å². The van der Waals surface area contributed by atoms with E-state index in [9.17, 15) is 9.18 Å². The number of fused-ring (bicyclic) bond motifs is 1. The summed E-state index contributed by atoms with van der Waals surface area (Å²) in [6, 6.07) is 4.49. The van der Waals surface area contributed by atoms with Gasteiger partial charge in [0.1, 0.15) is 5.82 Å². The predicted octanol–water partition coefficient (Wildman–Crippen LogP) is 4.38. The smallest absolute Gasteiger partial charge is 0.189 e. The summed E-state index contributed by atoms with van der Waals surface area (Å²) < 4.78 is 13.3. The SMILES string of the molecule is CCCC1=C(CCC)c2cc(F)ccc2C1=O. The zero-order chi connectivity index (χ0) is 12.4. The summed E-state index contributed by atoms with van der Waals surface area (Å²) in [6.45, 7) is 4.14. The highest BCUT2D eigenvalue weighted by Crippen LogP contribution is 2.37. The lowest BCUT2D eigenvalue weighted by molar-refractivity contribution is 0.103. The van der Waals surface area contributed by atoms with Crippen LogP contribution in [-0.2, 0) is 0 Å². The topological polar surface area (TPSA) is 17.1 Å². The molecule has 0 unspecified atom stereocenters. The van der Waals surface area contributed by atoms with Crippen molar-refractivity contribution in [1.82, 2.24) is 0 Å². The average molecular weight is 232 g/mol. The molecule has 0 N–H and O–H groups in total. The van der Waals surface area contributed by atoms with E-state index in [4.69, 9.17) is 0 Å². The molecule has 17 heavy (non-hydrogen) atoms. The molecule has 0 spiro atoms. The maximum atomic E-state index is 13.3. The highest BCUT2D eigenvalue weighted by Gasteiger charge is 2.28. The second-order valence-corrected chi connectivity index (χ2v) is 4.48. The zero-order valence-corrected chi connectivity index (χ0v) is 10.3. The molecule has 0 aromatic heterocycles. The summed E-state index contributed by atoms with van der Waals surface area (Å²) in [4.78, 5) is 12.2. The normalized spacial score (nSPS) is 14.4. The average Bonchev–Trinajstić information content (AvgIpc) is 2.55. The molecule has 2 rings (SSSR count). The van der Waals surface area contributed by atoms with Crippen molar-refractivity contribution in [3.05, 3.63) is 40.7 Å². The minimum atomic E-state index is -0.261. The fourth-order valence-electron chi connectivity index (χ4n) is 2.48. The van der Waals surface area contributed by atoms with E-state index in [2.05, 4.69) is 13.8 Å². The molecular formula is C15H17FO. The Hall–Kier alpha value is -1.44. The first kappa shape index (κ1) is 12.0. The molecule has 0 fully saturated rings. The van der Waals surface area contributed by atoms with Crippen molar-refractivity contribution in [2.24, 2.45) is 0 Å². The minimum Gasteiger partial charge on any atom is -0.289 e. The Bertz CT molecular complexity index is 486. The monoisotopic (exact) mass is 232 g/mol. The zero-order valence-electron chi connectivity index (χ0n) is 10.3. The van der Waals surface area contributed by atoms with Gasteiger partial charge in [-0.3, -0.25) is 4.79 Å². The van der Waals surface area contributed by atoms with Gasteiger partial charge in [-0.25, -0.2) is 4.39 Å². The Kier molecular flexibility index (Phi) is 3.41. The number of hydrogen-bond donors (Lipinski definition) is 0. The number of halogens is 1. The lowest BCUT2D eigenvalue weighted by atomic mass is 9.99. The summed E-state index contributed by atoms with van der Waals surface area (Å²) in [7, 11) is 0. The van der Waals surface area contributed by atoms with E-state index in [1.54, 1.807) is 6.07 Å². The molecule has 1 aromatic carbocycles. The Labute approximate surface area is 101 Å². The number of ketones is 1. The van der Waals surface area contributed by atoms with Crippen LogP contribution >= 0.6 is 0 Å². The first-order valence-electron chi connectivity index (χ1n) is 6.25. The minimum absolute atomic E-state index is 0.102. The van der Waals surface area contributed by atoms with E-state index in [1.165, 1.54) is 12.1 Å². The number of carbonyl (C=O) groups is 1. The van der Waals surface area contributed by atoms with Gasteiger partial charge >= 0.3 is 0 Å². The highest BCUT2D eigenvalue weighted by molar-refractivity contribution is 6.20. The molecule has 0 radical (unpaired) electrons. The number of carbonyl (C=O) groups excluding carboxylic acids is 1. The molecule has 2 heteroatoms. The molecule has 90 valence electrons. The van der Waals surface area contributed by atoms with E-state index in [-0.39, 0.29) is 11.6 Å². The molecule has 0 saturated carbocycles. The third-order valence-electron chi connectivity index (χ3n) is 3.19. The number of Topliss-reactive ketones (excluding diaryl/α,β-unsaturated/α-hetero) is 1. The number of rotatable bonds is 4. The quantitative estimate of drug-likeness (QED) is 0.753. The second kappa shape index (κ2) is 4.82. The summed E-state index contributed by atoms with van der Waals surface area (Å²) in [5.74, 6) is -0.159. The third kappa shape index (κ3) is 2.04. The van der Waals surface area contributed by atoms with Gasteiger partial charge < -0.3 is 0 Å². The Morgan fingerprint density at radius 1 is 1.00 bits per heavy atom. The van der Waals surface area contributed by atoms with Crippen LogP contribution in [0.25, 0.3) is 5.57 Å². The van der Waals surface area contributed by atoms with Gasteiger partial charge in [-0.15, -0.1) is 0 Å². The van der Waals surface area contributed by atoms with Crippen molar-refractivity contribution in [2.75, 3.05) is 0 Å². The Morgan fingerprint density at radius 3 is 2.29 bits per heavy atom. The van der Waals surface area contributed by atoms with Crippen LogP contribution in [0.3, 0.4) is 0 Å². The summed E-state index contributed by atoms with van der Waals surface area (Å²) in [6.07, 6.45) is 3.58. The number of allylic oxidation sites excluding steroid dienone is 2. The second-order valence-electron chi connectivity index (χ2n) is 4.48. The van der Waals surface area contributed by atoms with E-state index in [1.807, 2.05) is 0 Å². The van der Waals surface area contributed by atoms with Gasteiger partial charge in [-0.2, -0.15) is 0 Å². The predicted molar refractivity (Wildman–Crippen MR) is 67.5 cm³/mol. The van der Waals surface area contributed by atoms with Crippen molar-refractivity contribution in [1.29, 1.82) is 0 Å². The first-order chi connectivity index (χ1) is 8.19. The Balaban J connectivity index is 2.53. The largest absolute Gasteiger partial charge is 0.289 e. The van der Waals surface area contributed by atoms with Gasteiger partial charge in [0, 0.05) is 11.1 Å². The van der Waals surface area contributed by atoms with Gasteiger partial charge in [0.05, 0.1) is 0 Å². The van der Waals surface area contributed by atoms with Crippen LogP contribution in [0.15, 0.2) is 23.8 Å². The molecule has 1 aromatic rings. The molecule has 0 heterocycles. The molecule has 1 nitrogen and oxygen atoms in total. The van der Waals surface area contributed by atoms with E-state index >= 15 is 0 Å². The van der Waals surface area contributed by atoms with E-state index in [0.717, 1.165) is 42.4 Å². The van der Waals surface area contributed by atoms with Crippen molar-refractivity contribution < 1.29 is 9.18 Å². The standard InChI is InChI=1S/C15H17FO/c1-3-5-11-12(6-4-2)15(17)13-8-7-10(16)9-14(11)13/h7-9H,3-6H2,1-2H3. The highest BCUT2D eigenvalue weighted by atomic mass is 19.1. The lowest BCUT2D eigenvalue weighted by Crippen LogP contribution is -1.98. The molecule has 1 aliphatic carbocycles. The van der Waals surface area contributed by atoms with Gasteiger partial charge in [-0.05, 0) is 42.2 Å². The van der Waals surface area contributed by atoms with Gasteiger partial charge in [0.15, 0.2) is 5.78 Å². The molecule has 0 atom stereocenters. The molecule has 1 aliphatic rings.